The van der Waals surface area contributed by atoms with Crippen molar-refractivity contribution in [3.8, 4) is 0 Å². The molecule has 15 heavy (non-hydrogen) atoms. The van der Waals surface area contributed by atoms with Crippen molar-refractivity contribution in [1.82, 2.24) is 4.90 Å². The zero-order chi connectivity index (χ0) is 11.3. The second kappa shape index (κ2) is 6.49. The average molecular weight is 212 g/mol. The normalized spacial score (nSPS) is 32.2. The summed E-state index contributed by atoms with van der Waals surface area (Å²) in [5.74, 6) is 1.63. The third-order valence-corrected chi connectivity index (χ3v) is 3.95. The molecule has 0 heterocycles. The Morgan fingerprint density at radius 1 is 1.33 bits per heavy atom. The van der Waals surface area contributed by atoms with E-state index in [0.29, 0.717) is 0 Å². The van der Waals surface area contributed by atoms with Crippen LogP contribution in [0.4, 0.5) is 0 Å². The van der Waals surface area contributed by atoms with Crippen molar-refractivity contribution < 1.29 is 0 Å². The predicted octanol–water partition coefficient (Wildman–Crippen LogP) is 2.48. The minimum Gasteiger partial charge on any atom is -0.330 e. The molecule has 0 amide bonds. The molecule has 0 aromatic carbocycles. The molecule has 3 unspecified atom stereocenters. The summed E-state index contributed by atoms with van der Waals surface area (Å²) < 4.78 is 0. The van der Waals surface area contributed by atoms with E-state index in [1.807, 2.05) is 0 Å². The summed E-state index contributed by atoms with van der Waals surface area (Å²) in [5.41, 5.74) is 5.88. The van der Waals surface area contributed by atoms with Gasteiger partial charge in [-0.2, -0.15) is 0 Å². The molecular formula is C13H28N2. The summed E-state index contributed by atoms with van der Waals surface area (Å²) in [4.78, 5) is 2.55. The molecule has 0 spiro atoms. The SMILES string of the molecule is CCCCN(C)C1CC(C)CCC1CN. The second-order valence-electron chi connectivity index (χ2n) is 5.32. The molecule has 1 fully saturated rings. The summed E-state index contributed by atoms with van der Waals surface area (Å²) in [6, 6.07) is 0.741. The van der Waals surface area contributed by atoms with Crippen LogP contribution in [0.3, 0.4) is 0 Å². The molecule has 1 saturated carbocycles. The largest absolute Gasteiger partial charge is 0.330 e. The first-order chi connectivity index (χ1) is 7.19. The highest BCUT2D eigenvalue weighted by Crippen LogP contribution is 2.31. The quantitative estimate of drug-likeness (QED) is 0.758. The molecule has 2 N–H and O–H groups in total. The van der Waals surface area contributed by atoms with Crippen LogP contribution in [-0.4, -0.2) is 31.1 Å². The highest BCUT2D eigenvalue weighted by atomic mass is 15.1. The van der Waals surface area contributed by atoms with Gasteiger partial charge in [-0.15, -0.1) is 0 Å². The Labute approximate surface area is 95.2 Å². The van der Waals surface area contributed by atoms with Crippen LogP contribution >= 0.6 is 0 Å². The van der Waals surface area contributed by atoms with Crippen molar-refractivity contribution in [1.29, 1.82) is 0 Å². The summed E-state index contributed by atoms with van der Waals surface area (Å²) in [6.07, 6.45) is 6.67. The zero-order valence-corrected chi connectivity index (χ0v) is 10.7. The van der Waals surface area contributed by atoms with Crippen molar-refractivity contribution in [2.75, 3.05) is 20.1 Å². The zero-order valence-electron chi connectivity index (χ0n) is 10.7. The number of nitrogens with two attached hydrogens (primary N) is 1. The molecule has 0 saturated heterocycles. The first-order valence-electron chi connectivity index (χ1n) is 6.59. The third kappa shape index (κ3) is 3.76. The maximum atomic E-state index is 5.88. The van der Waals surface area contributed by atoms with Gasteiger partial charge < -0.3 is 10.6 Å². The molecule has 2 heteroatoms. The van der Waals surface area contributed by atoms with Gasteiger partial charge in [0.2, 0.25) is 0 Å². The number of rotatable bonds is 5. The molecule has 90 valence electrons. The molecular weight excluding hydrogens is 184 g/mol. The van der Waals surface area contributed by atoms with Gasteiger partial charge in [0.25, 0.3) is 0 Å². The summed E-state index contributed by atoms with van der Waals surface area (Å²) in [7, 11) is 2.28. The molecule has 0 aromatic rings. The molecule has 0 aliphatic heterocycles. The Morgan fingerprint density at radius 2 is 2.07 bits per heavy atom. The van der Waals surface area contributed by atoms with E-state index in [4.69, 9.17) is 5.73 Å². The van der Waals surface area contributed by atoms with E-state index in [9.17, 15) is 0 Å². The van der Waals surface area contributed by atoms with Gasteiger partial charge in [0.05, 0.1) is 0 Å². The lowest BCUT2D eigenvalue weighted by atomic mass is 9.78. The molecule has 0 radical (unpaired) electrons. The van der Waals surface area contributed by atoms with Gasteiger partial charge in [-0.25, -0.2) is 0 Å². The molecule has 3 atom stereocenters. The standard InChI is InChI=1S/C13H28N2/c1-4-5-8-15(3)13-9-11(2)6-7-12(13)10-14/h11-13H,4-10,14H2,1-3H3. The van der Waals surface area contributed by atoms with Gasteiger partial charge >= 0.3 is 0 Å². The van der Waals surface area contributed by atoms with Crippen LogP contribution in [0.2, 0.25) is 0 Å². The average Bonchev–Trinajstić information content (AvgIpc) is 2.25. The van der Waals surface area contributed by atoms with Crippen LogP contribution in [0.5, 0.6) is 0 Å². The van der Waals surface area contributed by atoms with E-state index in [0.717, 1.165) is 24.4 Å². The Kier molecular flexibility index (Phi) is 5.62. The Balaban J connectivity index is 2.46. The fourth-order valence-electron chi connectivity index (χ4n) is 2.80. The van der Waals surface area contributed by atoms with Gasteiger partial charge in [-0.1, -0.05) is 26.7 Å². The Morgan fingerprint density at radius 3 is 2.67 bits per heavy atom. The molecule has 0 aromatic heterocycles. The molecule has 2 nitrogen and oxygen atoms in total. The summed E-state index contributed by atoms with van der Waals surface area (Å²) in [6.45, 7) is 6.75. The fraction of sp³-hybridized carbons (Fsp3) is 1.00. The van der Waals surface area contributed by atoms with Gasteiger partial charge in [-0.05, 0) is 51.2 Å². The number of unbranched alkanes of at least 4 members (excludes halogenated alkanes) is 1. The smallest absolute Gasteiger partial charge is 0.0135 e. The van der Waals surface area contributed by atoms with Crippen LogP contribution in [0.25, 0.3) is 0 Å². The van der Waals surface area contributed by atoms with Crippen LogP contribution < -0.4 is 5.73 Å². The first kappa shape index (κ1) is 13.0. The van der Waals surface area contributed by atoms with Crippen molar-refractivity contribution in [2.24, 2.45) is 17.6 Å². The first-order valence-corrected chi connectivity index (χ1v) is 6.59. The van der Waals surface area contributed by atoms with E-state index in [1.54, 1.807) is 0 Å². The third-order valence-electron chi connectivity index (χ3n) is 3.95. The fourth-order valence-corrected chi connectivity index (χ4v) is 2.80. The van der Waals surface area contributed by atoms with E-state index in [1.165, 1.54) is 38.6 Å². The molecule has 1 aliphatic carbocycles. The highest BCUT2D eigenvalue weighted by molar-refractivity contribution is 4.85. The topological polar surface area (TPSA) is 29.3 Å². The van der Waals surface area contributed by atoms with E-state index >= 15 is 0 Å². The van der Waals surface area contributed by atoms with Gasteiger partial charge in [0.15, 0.2) is 0 Å². The Bertz CT molecular complexity index is 170. The van der Waals surface area contributed by atoms with Crippen LogP contribution in [0.15, 0.2) is 0 Å². The van der Waals surface area contributed by atoms with Gasteiger partial charge in [0.1, 0.15) is 0 Å². The molecule has 0 bridgehead atoms. The maximum Gasteiger partial charge on any atom is 0.0135 e. The maximum absolute atomic E-state index is 5.88. The number of hydrogen-bond acceptors (Lipinski definition) is 2. The summed E-state index contributed by atoms with van der Waals surface area (Å²) in [5, 5.41) is 0. The van der Waals surface area contributed by atoms with Gasteiger partial charge in [0, 0.05) is 6.04 Å². The van der Waals surface area contributed by atoms with Crippen molar-refractivity contribution >= 4 is 0 Å². The predicted molar refractivity (Wildman–Crippen MR) is 66.9 cm³/mol. The van der Waals surface area contributed by atoms with E-state index < -0.39 is 0 Å². The van der Waals surface area contributed by atoms with E-state index in [2.05, 4.69) is 25.8 Å². The van der Waals surface area contributed by atoms with Crippen LogP contribution in [0, 0.1) is 11.8 Å². The summed E-state index contributed by atoms with van der Waals surface area (Å²) >= 11 is 0. The number of hydrogen-bond donors (Lipinski definition) is 1. The van der Waals surface area contributed by atoms with Crippen molar-refractivity contribution in [3.05, 3.63) is 0 Å². The van der Waals surface area contributed by atoms with Crippen LogP contribution in [0.1, 0.15) is 46.0 Å². The Hall–Kier alpha value is -0.0800. The van der Waals surface area contributed by atoms with Crippen LogP contribution in [-0.2, 0) is 0 Å². The van der Waals surface area contributed by atoms with Gasteiger partial charge in [-0.3, -0.25) is 0 Å². The highest BCUT2D eigenvalue weighted by Gasteiger charge is 2.29. The lowest BCUT2D eigenvalue weighted by Gasteiger charge is -2.40. The lowest BCUT2D eigenvalue weighted by molar-refractivity contribution is 0.107. The lowest BCUT2D eigenvalue weighted by Crippen LogP contribution is -2.45. The number of nitrogens with zero attached hydrogens (tertiary/aromatic N) is 1. The van der Waals surface area contributed by atoms with Crippen molar-refractivity contribution in [2.45, 2.75) is 52.0 Å². The molecule has 1 rings (SSSR count). The minimum absolute atomic E-state index is 0.739. The van der Waals surface area contributed by atoms with E-state index in [-0.39, 0.29) is 0 Å². The van der Waals surface area contributed by atoms with Crippen molar-refractivity contribution in [3.63, 3.8) is 0 Å². The molecule has 1 aliphatic rings. The second-order valence-corrected chi connectivity index (χ2v) is 5.32. The minimum atomic E-state index is 0.739. The monoisotopic (exact) mass is 212 g/mol.